The van der Waals surface area contributed by atoms with Gasteiger partial charge in [0.15, 0.2) is 0 Å². The summed E-state index contributed by atoms with van der Waals surface area (Å²) < 4.78 is 0. The Morgan fingerprint density at radius 2 is 1.40 bits per heavy atom. The number of unbranched alkanes of at least 4 members (excludes halogenated alkanes) is 1. The molecule has 1 aromatic rings. The van der Waals surface area contributed by atoms with Crippen molar-refractivity contribution in [3.63, 3.8) is 0 Å². The Hall–Kier alpha value is -4.54. The van der Waals surface area contributed by atoms with Crippen molar-refractivity contribution in [1.82, 2.24) is 26.6 Å². The molecule has 1 heterocycles. The molecule has 5 amide bonds. The predicted molar refractivity (Wildman–Crippen MR) is 186 cm³/mol. The predicted octanol–water partition coefficient (Wildman–Crippen LogP) is -0.965. The van der Waals surface area contributed by atoms with Gasteiger partial charge >= 0.3 is 5.97 Å². The zero-order valence-corrected chi connectivity index (χ0v) is 28.9. The van der Waals surface area contributed by atoms with Crippen LogP contribution in [0.25, 0.3) is 0 Å². The first kappa shape index (κ1) is 41.6. The van der Waals surface area contributed by atoms with Crippen LogP contribution in [0.5, 0.6) is 5.75 Å². The number of aromatic hydroxyl groups is 1. The molecule has 278 valence electrons. The van der Waals surface area contributed by atoms with Gasteiger partial charge in [0.1, 0.15) is 36.0 Å². The lowest BCUT2D eigenvalue weighted by molar-refractivity contribution is -0.142. The van der Waals surface area contributed by atoms with Gasteiger partial charge in [-0.15, -0.1) is 0 Å². The number of hydrogen-bond donors (Lipinski definition) is 10. The number of benzene rings is 1. The van der Waals surface area contributed by atoms with E-state index in [4.69, 9.17) is 17.2 Å². The van der Waals surface area contributed by atoms with Crippen LogP contribution in [0.15, 0.2) is 36.4 Å². The van der Waals surface area contributed by atoms with Gasteiger partial charge in [0.25, 0.3) is 0 Å². The maximum Gasteiger partial charge on any atom is 0.326 e. The molecule has 16 nitrogen and oxygen atoms in total. The Kier molecular flexibility index (Phi) is 17.9. The SMILES string of the molecule is CC(C)C[C@H](NC(=O)[C@H](Cc1ccc(O)cc1)NC(=O)[C@@H]1C/C=C/C[C@H](N)C(=O)N[C@@H](CCCCN)C(=O)N[C@@H](CCCN)C(=O)N1)C(=O)O. The van der Waals surface area contributed by atoms with Crippen molar-refractivity contribution in [3.8, 4) is 5.75 Å². The number of rotatable bonds is 16. The Bertz CT molecular complexity index is 1320. The first-order valence-corrected chi connectivity index (χ1v) is 17.1. The molecule has 0 aliphatic carbocycles. The quantitative estimate of drug-likeness (QED) is 0.0739. The first-order chi connectivity index (χ1) is 23.7. The van der Waals surface area contributed by atoms with Crippen molar-refractivity contribution in [2.75, 3.05) is 13.1 Å². The maximum absolute atomic E-state index is 13.8. The summed E-state index contributed by atoms with van der Waals surface area (Å²) in [5.41, 5.74) is 18.0. The minimum atomic E-state index is -1.27. The highest BCUT2D eigenvalue weighted by molar-refractivity contribution is 5.96. The van der Waals surface area contributed by atoms with Crippen LogP contribution in [0.4, 0.5) is 0 Å². The summed E-state index contributed by atoms with van der Waals surface area (Å²) in [6.45, 7) is 4.24. The van der Waals surface area contributed by atoms with E-state index in [-0.39, 0.29) is 56.7 Å². The van der Waals surface area contributed by atoms with E-state index < -0.39 is 71.8 Å². The Balaban J connectivity index is 2.42. The molecule has 0 bridgehead atoms. The largest absolute Gasteiger partial charge is 0.508 e. The number of carboxylic acids is 1. The third-order valence-electron chi connectivity index (χ3n) is 8.14. The Labute approximate surface area is 292 Å². The van der Waals surface area contributed by atoms with Crippen LogP contribution in [-0.2, 0) is 35.2 Å². The minimum Gasteiger partial charge on any atom is -0.508 e. The summed E-state index contributed by atoms with van der Waals surface area (Å²) >= 11 is 0. The van der Waals surface area contributed by atoms with Gasteiger partial charge in [0.2, 0.25) is 29.5 Å². The molecule has 0 unspecified atom stereocenters. The molecule has 0 fully saturated rings. The van der Waals surface area contributed by atoms with Crippen molar-refractivity contribution in [3.05, 3.63) is 42.0 Å². The summed E-state index contributed by atoms with van der Waals surface area (Å²) in [5.74, 6) is -4.64. The summed E-state index contributed by atoms with van der Waals surface area (Å²) in [6, 6.07) is -0.878. The Morgan fingerprint density at radius 3 is 2.00 bits per heavy atom. The highest BCUT2D eigenvalue weighted by Gasteiger charge is 2.33. The topological polar surface area (TPSA) is 281 Å². The van der Waals surface area contributed by atoms with E-state index in [2.05, 4.69) is 26.6 Å². The van der Waals surface area contributed by atoms with Gasteiger partial charge in [-0.25, -0.2) is 4.79 Å². The molecular formula is C34H54N8O8. The average Bonchev–Trinajstić information content (AvgIpc) is 3.06. The number of nitrogens with one attached hydrogen (secondary N) is 5. The number of carbonyl (C=O) groups excluding carboxylic acids is 5. The van der Waals surface area contributed by atoms with E-state index in [1.165, 1.54) is 12.1 Å². The molecule has 0 radical (unpaired) electrons. The third-order valence-corrected chi connectivity index (χ3v) is 8.14. The van der Waals surface area contributed by atoms with E-state index in [1.54, 1.807) is 24.3 Å². The molecule has 0 saturated heterocycles. The lowest BCUT2D eigenvalue weighted by atomic mass is 10.0. The number of carboxylic acid groups (broad SMARTS) is 1. The molecule has 6 atom stereocenters. The second kappa shape index (κ2) is 21.5. The minimum absolute atomic E-state index is 0.00810. The van der Waals surface area contributed by atoms with Crippen LogP contribution in [0.2, 0.25) is 0 Å². The lowest BCUT2D eigenvalue weighted by Crippen LogP contribution is -2.59. The number of phenols is 1. The van der Waals surface area contributed by atoms with Gasteiger partial charge in [-0.1, -0.05) is 38.1 Å². The van der Waals surface area contributed by atoms with Crippen LogP contribution in [0, 0.1) is 5.92 Å². The molecule has 0 spiro atoms. The van der Waals surface area contributed by atoms with E-state index in [1.807, 2.05) is 13.8 Å². The van der Waals surface area contributed by atoms with Crippen molar-refractivity contribution in [2.45, 2.75) is 108 Å². The van der Waals surface area contributed by atoms with Gasteiger partial charge in [-0.05, 0) is 88.1 Å². The van der Waals surface area contributed by atoms with E-state index in [0.717, 1.165) is 0 Å². The van der Waals surface area contributed by atoms with Gasteiger partial charge < -0.3 is 54.0 Å². The molecular weight excluding hydrogens is 648 g/mol. The van der Waals surface area contributed by atoms with Gasteiger partial charge in [0.05, 0.1) is 6.04 Å². The van der Waals surface area contributed by atoms with Crippen LogP contribution in [0.1, 0.15) is 70.8 Å². The fraction of sp³-hybridized carbons (Fsp3) is 0.588. The number of carbonyl (C=O) groups is 6. The number of phenolic OH excluding ortho intramolecular Hbond substituents is 1. The van der Waals surface area contributed by atoms with Gasteiger partial charge in [-0.2, -0.15) is 0 Å². The molecule has 1 aliphatic heterocycles. The molecule has 1 aromatic carbocycles. The van der Waals surface area contributed by atoms with Crippen molar-refractivity contribution in [1.29, 1.82) is 0 Å². The third kappa shape index (κ3) is 14.5. The summed E-state index contributed by atoms with van der Waals surface area (Å²) in [7, 11) is 0. The number of aliphatic carboxylic acids is 1. The monoisotopic (exact) mass is 702 g/mol. The molecule has 0 aromatic heterocycles. The molecule has 0 saturated carbocycles. The summed E-state index contributed by atoms with van der Waals surface area (Å²) in [6.07, 6.45) is 5.17. The molecule has 13 N–H and O–H groups in total. The van der Waals surface area contributed by atoms with Crippen LogP contribution in [-0.4, -0.2) is 95.1 Å². The van der Waals surface area contributed by atoms with E-state index in [9.17, 15) is 39.0 Å². The van der Waals surface area contributed by atoms with Gasteiger partial charge in [0, 0.05) is 6.42 Å². The van der Waals surface area contributed by atoms with Crippen LogP contribution in [0.3, 0.4) is 0 Å². The second-order valence-electron chi connectivity index (χ2n) is 12.9. The van der Waals surface area contributed by atoms with Crippen LogP contribution < -0.4 is 43.8 Å². The molecule has 16 heteroatoms. The van der Waals surface area contributed by atoms with Crippen molar-refractivity contribution >= 4 is 35.5 Å². The molecule has 50 heavy (non-hydrogen) atoms. The normalized spacial score (nSPS) is 22.2. The van der Waals surface area contributed by atoms with Crippen molar-refractivity contribution < 1.29 is 39.0 Å². The summed E-state index contributed by atoms with van der Waals surface area (Å²) in [4.78, 5) is 79.2. The van der Waals surface area contributed by atoms with E-state index in [0.29, 0.717) is 31.4 Å². The second-order valence-corrected chi connectivity index (χ2v) is 12.9. The average molecular weight is 703 g/mol. The molecule has 1 aliphatic rings. The highest BCUT2D eigenvalue weighted by Crippen LogP contribution is 2.13. The highest BCUT2D eigenvalue weighted by atomic mass is 16.4. The maximum atomic E-state index is 13.8. The standard InChI is InChI=1S/C34H54N8O8/c1-20(2)18-28(34(49)50)42-33(48)27(19-21-12-14-22(43)15-13-21)41-32(47)25-9-4-3-8-23(37)29(44)38-24(10-5-6-16-35)30(45)40-26(11-7-17-36)31(46)39-25/h3-4,12-15,20,23-28,43H,5-11,16-19,35-37H2,1-2H3,(H,38,44)(H,39,46)(H,40,45)(H,41,47)(H,42,48)(H,49,50)/b4-3+/t23-,24-,25-,26-,27-,28-/m0/s1. The first-order valence-electron chi connectivity index (χ1n) is 17.1. The fourth-order valence-corrected chi connectivity index (χ4v) is 5.30. The van der Waals surface area contributed by atoms with E-state index >= 15 is 0 Å². The zero-order chi connectivity index (χ0) is 37.2. The number of amides is 5. The summed E-state index contributed by atoms with van der Waals surface area (Å²) in [5, 5.41) is 32.7. The number of hydrogen-bond acceptors (Lipinski definition) is 10. The lowest BCUT2D eigenvalue weighted by Gasteiger charge is -2.27. The molecule has 2 rings (SSSR count). The zero-order valence-electron chi connectivity index (χ0n) is 28.9. The van der Waals surface area contributed by atoms with Crippen molar-refractivity contribution in [2.24, 2.45) is 23.1 Å². The fourth-order valence-electron chi connectivity index (χ4n) is 5.30. The smallest absolute Gasteiger partial charge is 0.326 e. The number of nitrogens with two attached hydrogens (primary N) is 3. The Morgan fingerprint density at radius 1 is 0.820 bits per heavy atom. The van der Waals surface area contributed by atoms with Gasteiger partial charge in [-0.3, -0.25) is 24.0 Å². The van der Waals surface area contributed by atoms with Crippen LogP contribution >= 0.6 is 0 Å².